The van der Waals surface area contributed by atoms with E-state index >= 15 is 0 Å². The quantitative estimate of drug-likeness (QED) is 0.766. The van der Waals surface area contributed by atoms with Crippen molar-refractivity contribution in [2.45, 2.75) is 38.7 Å². The van der Waals surface area contributed by atoms with Crippen LogP contribution < -0.4 is 10.5 Å². The summed E-state index contributed by atoms with van der Waals surface area (Å²) in [6.07, 6.45) is -0.724. The highest BCUT2D eigenvalue weighted by molar-refractivity contribution is 7.85. The third-order valence-corrected chi connectivity index (χ3v) is 5.37. The summed E-state index contributed by atoms with van der Waals surface area (Å²) in [5, 5.41) is 9.97. The first-order chi connectivity index (χ1) is 9.43. The molecule has 1 aromatic carbocycles. The van der Waals surface area contributed by atoms with Crippen molar-refractivity contribution in [3.63, 3.8) is 0 Å². The zero-order chi connectivity index (χ0) is 15.1. The van der Waals surface area contributed by atoms with Crippen LogP contribution in [0.25, 0.3) is 0 Å². The van der Waals surface area contributed by atoms with Crippen LogP contribution in [-0.4, -0.2) is 33.0 Å². The van der Waals surface area contributed by atoms with Gasteiger partial charge in [0.15, 0.2) is 0 Å². The summed E-state index contributed by atoms with van der Waals surface area (Å²) in [6, 6.07) is 7.45. The van der Waals surface area contributed by atoms with Crippen molar-refractivity contribution in [3.8, 4) is 5.75 Å². The molecule has 0 bridgehead atoms. The van der Waals surface area contributed by atoms with E-state index < -0.39 is 16.9 Å². The summed E-state index contributed by atoms with van der Waals surface area (Å²) < 4.78 is 17.5. The maximum absolute atomic E-state index is 12.0. The Morgan fingerprint density at radius 3 is 2.65 bits per heavy atom. The van der Waals surface area contributed by atoms with E-state index in [1.807, 2.05) is 45.0 Å². The van der Waals surface area contributed by atoms with Gasteiger partial charge in [-0.1, -0.05) is 32.9 Å². The molecule has 1 aromatic rings. The molecule has 0 heterocycles. The van der Waals surface area contributed by atoms with Gasteiger partial charge in [-0.3, -0.25) is 4.21 Å². The van der Waals surface area contributed by atoms with Gasteiger partial charge in [0, 0.05) is 22.6 Å². The van der Waals surface area contributed by atoms with Gasteiger partial charge in [-0.05, 0) is 23.6 Å². The predicted octanol–water partition coefficient (Wildman–Crippen LogP) is 1.68. The molecule has 0 aromatic heterocycles. The molecule has 0 saturated carbocycles. The highest BCUT2D eigenvalue weighted by Gasteiger charge is 2.18. The van der Waals surface area contributed by atoms with Gasteiger partial charge in [-0.25, -0.2) is 0 Å². The fraction of sp³-hybridized carbons (Fsp3) is 0.600. The molecule has 0 aliphatic heterocycles. The average molecular weight is 299 g/mol. The van der Waals surface area contributed by atoms with E-state index in [2.05, 4.69) is 0 Å². The summed E-state index contributed by atoms with van der Waals surface area (Å²) >= 11 is 0. The lowest BCUT2D eigenvalue weighted by molar-refractivity contribution is 0.125. The first-order valence-corrected chi connectivity index (χ1v) is 8.29. The van der Waals surface area contributed by atoms with Crippen molar-refractivity contribution in [1.82, 2.24) is 0 Å². The zero-order valence-corrected chi connectivity index (χ0v) is 13.2. The second kappa shape index (κ2) is 8.39. The second-order valence-corrected chi connectivity index (χ2v) is 7.15. The Kier molecular flexibility index (Phi) is 7.19. The van der Waals surface area contributed by atoms with Gasteiger partial charge < -0.3 is 15.6 Å². The zero-order valence-electron chi connectivity index (χ0n) is 12.4. The van der Waals surface area contributed by atoms with Gasteiger partial charge >= 0.3 is 0 Å². The Bertz CT molecular complexity index is 437. The van der Waals surface area contributed by atoms with Crippen LogP contribution in [0, 0.1) is 5.92 Å². The maximum atomic E-state index is 12.0. The molecule has 0 fully saturated rings. The molecule has 1 rings (SSSR count). The molecule has 3 atom stereocenters. The second-order valence-electron chi connectivity index (χ2n) is 5.31. The van der Waals surface area contributed by atoms with Crippen LogP contribution in [0.2, 0.25) is 0 Å². The first kappa shape index (κ1) is 17.1. The molecule has 3 N–H and O–H groups in total. The summed E-state index contributed by atoms with van der Waals surface area (Å²) in [6.45, 7) is 6.60. The minimum atomic E-state index is -1.04. The molecule has 114 valence electrons. The van der Waals surface area contributed by atoms with E-state index in [0.717, 1.165) is 5.56 Å². The number of nitrogens with two attached hydrogens (primary N) is 1. The lowest BCUT2D eigenvalue weighted by Crippen LogP contribution is -2.30. The minimum absolute atomic E-state index is 0.0743. The topological polar surface area (TPSA) is 72.5 Å². The van der Waals surface area contributed by atoms with E-state index in [1.54, 1.807) is 0 Å². The van der Waals surface area contributed by atoms with Crippen molar-refractivity contribution in [3.05, 3.63) is 29.8 Å². The molecule has 0 aliphatic carbocycles. The van der Waals surface area contributed by atoms with Crippen molar-refractivity contribution in [2.24, 2.45) is 11.7 Å². The standard InChI is InChI=1S/C15H25NO3S/c1-11(2)12(3)20(18)10-14(17)9-19-15-6-4-5-13(7-15)8-16/h4-7,11-12,14,17H,8-10,16H2,1-3H3. The van der Waals surface area contributed by atoms with Crippen LogP contribution >= 0.6 is 0 Å². The number of benzene rings is 1. The Hall–Kier alpha value is -0.910. The number of aliphatic hydroxyl groups excluding tert-OH is 1. The van der Waals surface area contributed by atoms with E-state index in [0.29, 0.717) is 18.2 Å². The Morgan fingerprint density at radius 2 is 2.05 bits per heavy atom. The average Bonchev–Trinajstić information content (AvgIpc) is 2.44. The van der Waals surface area contributed by atoms with E-state index in [9.17, 15) is 9.32 Å². The van der Waals surface area contributed by atoms with E-state index in [1.165, 1.54) is 0 Å². The maximum Gasteiger partial charge on any atom is 0.119 e. The lowest BCUT2D eigenvalue weighted by Gasteiger charge is -2.18. The third-order valence-electron chi connectivity index (χ3n) is 3.29. The minimum Gasteiger partial charge on any atom is -0.491 e. The van der Waals surface area contributed by atoms with E-state index in [4.69, 9.17) is 10.5 Å². The predicted molar refractivity (Wildman–Crippen MR) is 83.1 cm³/mol. The molecule has 20 heavy (non-hydrogen) atoms. The summed E-state index contributed by atoms with van der Waals surface area (Å²) in [4.78, 5) is 0. The van der Waals surface area contributed by atoms with Crippen molar-refractivity contribution in [1.29, 1.82) is 0 Å². The van der Waals surface area contributed by atoms with Crippen LogP contribution in [0.1, 0.15) is 26.3 Å². The molecular weight excluding hydrogens is 274 g/mol. The largest absolute Gasteiger partial charge is 0.491 e. The van der Waals surface area contributed by atoms with Gasteiger partial charge in [0.25, 0.3) is 0 Å². The molecule has 4 nitrogen and oxygen atoms in total. The van der Waals surface area contributed by atoms with Crippen LogP contribution in [0.5, 0.6) is 5.75 Å². The third kappa shape index (κ3) is 5.61. The monoisotopic (exact) mass is 299 g/mol. The van der Waals surface area contributed by atoms with Crippen molar-refractivity contribution >= 4 is 10.8 Å². The van der Waals surface area contributed by atoms with Crippen LogP contribution in [0.4, 0.5) is 0 Å². The number of hydrogen-bond acceptors (Lipinski definition) is 4. The number of ether oxygens (including phenoxy) is 1. The fourth-order valence-electron chi connectivity index (χ4n) is 1.65. The number of aliphatic hydroxyl groups is 1. The fourth-order valence-corrected chi connectivity index (χ4v) is 3.03. The Labute approximate surface area is 123 Å². The van der Waals surface area contributed by atoms with Crippen LogP contribution in [0.15, 0.2) is 24.3 Å². The van der Waals surface area contributed by atoms with Crippen molar-refractivity contribution < 1.29 is 14.1 Å². The number of hydrogen-bond donors (Lipinski definition) is 2. The van der Waals surface area contributed by atoms with Gasteiger partial charge in [-0.2, -0.15) is 0 Å². The SMILES string of the molecule is CC(C)C(C)S(=O)CC(O)COc1cccc(CN)c1. The molecule has 0 amide bonds. The van der Waals surface area contributed by atoms with Crippen LogP contribution in [0.3, 0.4) is 0 Å². The van der Waals surface area contributed by atoms with Gasteiger partial charge in [-0.15, -0.1) is 0 Å². The van der Waals surface area contributed by atoms with Gasteiger partial charge in [0.05, 0.1) is 11.9 Å². The van der Waals surface area contributed by atoms with Gasteiger partial charge in [0.2, 0.25) is 0 Å². The Morgan fingerprint density at radius 1 is 1.35 bits per heavy atom. The molecule has 0 saturated heterocycles. The van der Waals surface area contributed by atoms with Gasteiger partial charge in [0.1, 0.15) is 12.4 Å². The smallest absolute Gasteiger partial charge is 0.119 e. The summed E-state index contributed by atoms with van der Waals surface area (Å²) in [7, 11) is -1.04. The number of rotatable bonds is 8. The summed E-state index contributed by atoms with van der Waals surface area (Å²) in [5.41, 5.74) is 6.54. The summed E-state index contributed by atoms with van der Waals surface area (Å²) in [5.74, 6) is 1.26. The van der Waals surface area contributed by atoms with Crippen LogP contribution in [-0.2, 0) is 17.3 Å². The molecule has 5 heteroatoms. The molecule has 0 radical (unpaired) electrons. The molecule has 0 spiro atoms. The Balaban J connectivity index is 2.43. The molecule has 0 aliphatic rings. The molecule has 3 unspecified atom stereocenters. The van der Waals surface area contributed by atoms with Crippen molar-refractivity contribution in [2.75, 3.05) is 12.4 Å². The first-order valence-electron chi connectivity index (χ1n) is 6.91. The normalized spacial score (nSPS) is 15.9. The molecular formula is C15H25NO3S. The highest BCUT2D eigenvalue weighted by atomic mass is 32.2. The lowest BCUT2D eigenvalue weighted by atomic mass is 10.2. The van der Waals surface area contributed by atoms with E-state index in [-0.39, 0.29) is 17.6 Å². The highest BCUT2D eigenvalue weighted by Crippen LogP contribution is 2.14.